The Morgan fingerprint density at radius 3 is 2.53 bits per heavy atom. The standard InChI is InChI=1S/C12H15Cl2N/c13-12(14)8-11(12)6-7-15-9-10-4-2-1-3-5-10/h1-5,11,15H,6-9H2. The van der Waals surface area contributed by atoms with E-state index >= 15 is 0 Å². The van der Waals surface area contributed by atoms with Crippen LogP contribution in [-0.2, 0) is 6.54 Å². The largest absolute Gasteiger partial charge is 0.313 e. The molecule has 1 aromatic carbocycles. The first-order chi connectivity index (χ1) is 7.18. The zero-order chi connectivity index (χ0) is 10.7. The zero-order valence-corrected chi connectivity index (χ0v) is 10.1. The minimum atomic E-state index is -0.422. The lowest BCUT2D eigenvalue weighted by atomic mass is 10.2. The van der Waals surface area contributed by atoms with Crippen LogP contribution >= 0.6 is 23.2 Å². The third kappa shape index (κ3) is 3.37. The fraction of sp³-hybridized carbons (Fsp3) is 0.500. The van der Waals surface area contributed by atoms with Crippen LogP contribution in [0.25, 0.3) is 0 Å². The summed E-state index contributed by atoms with van der Waals surface area (Å²) >= 11 is 11.9. The second kappa shape index (κ2) is 4.73. The van der Waals surface area contributed by atoms with E-state index in [0.717, 1.165) is 25.9 Å². The van der Waals surface area contributed by atoms with E-state index in [4.69, 9.17) is 23.2 Å². The lowest BCUT2D eigenvalue weighted by Gasteiger charge is -2.04. The number of rotatable bonds is 5. The Bertz CT molecular complexity index is 311. The monoisotopic (exact) mass is 243 g/mol. The highest BCUT2D eigenvalue weighted by molar-refractivity contribution is 6.50. The molecule has 1 N–H and O–H groups in total. The molecule has 0 aliphatic heterocycles. The van der Waals surface area contributed by atoms with Crippen LogP contribution in [0.4, 0.5) is 0 Å². The molecule has 1 aliphatic carbocycles. The smallest absolute Gasteiger partial charge is 0.121 e. The van der Waals surface area contributed by atoms with Crippen molar-refractivity contribution >= 4 is 23.2 Å². The number of halogens is 2. The Hall–Kier alpha value is -0.240. The van der Waals surface area contributed by atoms with Gasteiger partial charge in [-0.25, -0.2) is 0 Å². The summed E-state index contributed by atoms with van der Waals surface area (Å²) in [5.74, 6) is 0.490. The minimum Gasteiger partial charge on any atom is -0.313 e. The number of hydrogen-bond acceptors (Lipinski definition) is 1. The maximum atomic E-state index is 5.94. The lowest BCUT2D eigenvalue weighted by molar-refractivity contribution is 0.609. The van der Waals surface area contributed by atoms with Gasteiger partial charge in [0.25, 0.3) is 0 Å². The fourth-order valence-corrected chi connectivity index (χ4v) is 2.28. The van der Waals surface area contributed by atoms with Gasteiger partial charge < -0.3 is 5.32 Å². The summed E-state index contributed by atoms with van der Waals surface area (Å²) in [6.07, 6.45) is 2.02. The molecule has 3 heteroatoms. The third-order valence-electron chi connectivity index (χ3n) is 2.80. The summed E-state index contributed by atoms with van der Waals surface area (Å²) < 4.78 is -0.422. The first-order valence-corrected chi connectivity index (χ1v) is 6.06. The van der Waals surface area contributed by atoms with E-state index in [1.165, 1.54) is 5.56 Å². The maximum absolute atomic E-state index is 5.94. The molecule has 2 rings (SSSR count). The summed E-state index contributed by atoms with van der Waals surface area (Å²) in [5.41, 5.74) is 1.32. The Morgan fingerprint density at radius 1 is 1.27 bits per heavy atom. The number of nitrogens with one attached hydrogen (secondary N) is 1. The molecule has 1 aromatic rings. The maximum Gasteiger partial charge on any atom is 0.121 e. The van der Waals surface area contributed by atoms with Gasteiger partial charge in [0.2, 0.25) is 0 Å². The SMILES string of the molecule is ClC1(Cl)CC1CCNCc1ccccc1. The molecule has 15 heavy (non-hydrogen) atoms. The summed E-state index contributed by atoms with van der Waals surface area (Å²) in [4.78, 5) is 0. The molecule has 1 fully saturated rings. The summed E-state index contributed by atoms with van der Waals surface area (Å²) in [5, 5.41) is 3.39. The van der Waals surface area contributed by atoms with E-state index in [9.17, 15) is 0 Å². The predicted octanol–water partition coefficient (Wildman–Crippen LogP) is 3.36. The van der Waals surface area contributed by atoms with Gasteiger partial charge in [-0.15, -0.1) is 23.2 Å². The van der Waals surface area contributed by atoms with Crippen molar-refractivity contribution in [2.24, 2.45) is 5.92 Å². The topological polar surface area (TPSA) is 12.0 Å². The van der Waals surface area contributed by atoms with Crippen molar-refractivity contribution in [2.45, 2.75) is 23.7 Å². The van der Waals surface area contributed by atoms with Crippen molar-refractivity contribution in [2.75, 3.05) is 6.54 Å². The van der Waals surface area contributed by atoms with Gasteiger partial charge in [0.1, 0.15) is 4.33 Å². The van der Waals surface area contributed by atoms with E-state index in [1.54, 1.807) is 0 Å². The van der Waals surface area contributed by atoms with Crippen molar-refractivity contribution in [3.63, 3.8) is 0 Å². The van der Waals surface area contributed by atoms with Crippen LogP contribution in [0.1, 0.15) is 18.4 Å². The fourth-order valence-electron chi connectivity index (χ4n) is 1.69. The minimum absolute atomic E-state index is 0.422. The Morgan fingerprint density at radius 2 is 1.93 bits per heavy atom. The molecule has 0 saturated heterocycles. The Labute approximate surface area is 101 Å². The molecule has 0 radical (unpaired) electrons. The van der Waals surface area contributed by atoms with E-state index in [2.05, 4.69) is 29.6 Å². The first-order valence-electron chi connectivity index (χ1n) is 5.31. The average molecular weight is 244 g/mol. The van der Waals surface area contributed by atoms with Crippen LogP contribution in [-0.4, -0.2) is 10.9 Å². The molecule has 0 amide bonds. The average Bonchev–Trinajstić information content (AvgIpc) is 2.83. The third-order valence-corrected chi connectivity index (χ3v) is 3.72. The summed E-state index contributed by atoms with van der Waals surface area (Å²) in [7, 11) is 0. The zero-order valence-electron chi connectivity index (χ0n) is 8.55. The predicted molar refractivity (Wildman–Crippen MR) is 65.3 cm³/mol. The molecule has 0 bridgehead atoms. The molecular formula is C12H15Cl2N. The van der Waals surface area contributed by atoms with Gasteiger partial charge in [0, 0.05) is 6.54 Å². The van der Waals surface area contributed by atoms with Crippen molar-refractivity contribution in [3.05, 3.63) is 35.9 Å². The molecule has 1 atom stereocenters. The molecule has 0 heterocycles. The summed E-state index contributed by atoms with van der Waals surface area (Å²) in [6.45, 7) is 1.91. The lowest BCUT2D eigenvalue weighted by Crippen LogP contribution is -2.15. The normalized spacial score (nSPS) is 22.7. The molecular weight excluding hydrogens is 229 g/mol. The van der Waals surface area contributed by atoms with Crippen LogP contribution in [0.15, 0.2) is 30.3 Å². The van der Waals surface area contributed by atoms with Crippen molar-refractivity contribution in [1.82, 2.24) is 5.32 Å². The summed E-state index contributed by atoms with van der Waals surface area (Å²) in [6, 6.07) is 10.4. The van der Waals surface area contributed by atoms with Crippen LogP contribution < -0.4 is 5.32 Å². The van der Waals surface area contributed by atoms with E-state index in [1.807, 2.05) is 6.07 Å². The molecule has 1 aliphatic rings. The highest BCUT2D eigenvalue weighted by Gasteiger charge is 2.50. The Kier molecular flexibility index (Phi) is 3.55. The van der Waals surface area contributed by atoms with Gasteiger partial charge in [-0.05, 0) is 30.9 Å². The van der Waals surface area contributed by atoms with Gasteiger partial charge in [-0.2, -0.15) is 0 Å². The number of benzene rings is 1. The van der Waals surface area contributed by atoms with Crippen LogP contribution in [0.3, 0.4) is 0 Å². The van der Waals surface area contributed by atoms with Gasteiger partial charge in [-0.3, -0.25) is 0 Å². The Balaban J connectivity index is 1.60. The van der Waals surface area contributed by atoms with Crippen LogP contribution in [0.2, 0.25) is 0 Å². The molecule has 0 spiro atoms. The van der Waals surface area contributed by atoms with Crippen molar-refractivity contribution < 1.29 is 0 Å². The number of alkyl halides is 2. The van der Waals surface area contributed by atoms with Gasteiger partial charge in [0.15, 0.2) is 0 Å². The van der Waals surface area contributed by atoms with E-state index < -0.39 is 4.33 Å². The van der Waals surface area contributed by atoms with Crippen molar-refractivity contribution in [1.29, 1.82) is 0 Å². The van der Waals surface area contributed by atoms with Crippen LogP contribution in [0.5, 0.6) is 0 Å². The molecule has 82 valence electrons. The van der Waals surface area contributed by atoms with E-state index in [0.29, 0.717) is 5.92 Å². The van der Waals surface area contributed by atoms with Gasteiger partial charge >= 0.3 is 0 Å². The molecule has 1 unspecified atom stereocenters. The first kappa shape index (κ1) is 11.3. The molecule has 1 nitrogen and oxygen atoms in total. The number of hydrogen-bond donors (Lipinski definition) is 1. The van der Waals surface area contributed by atoms with Gasteiger partial charge in [-0.1, -0.05) is 30.3 Å². The highest BCUT2D eigenvalue weighted by Crippen LogP contribution is 2.54. The van der Waals surface area contributed by atoms with Gasteiger partial charge in [0.05, 0.1) is 0 Å². The quantitative estimate of drug-likeness (QED) is 0.618. The van der Waals surface area contributed by atoms with Crippen molar-refractivity contribution in [3.8, 4) is 0 Å². The molecule has 0 aromatic heterocycles. The highest BCUT2D eigenvalue weighted by atomic mass is 35.5. The molecule has 1 saturated carbocycles. The second-order valence-electron chi connectivity index (χ2n) is 4.11. The second-order valence-corrected chi connectivity index (χ2v) is 5.66. The van der Waals surface area contributed by atoms with E-state index in [-0.39, 0.29) is 0 Å². The van der Waals surface area contributed by atoms with Crippen LogP contribution in [0, 0.1) is 5.92 Å².